The summed E-state index contributed by atoms with van der Waals surface area (Å²) in [7, 11) is 1.86. The predicted octanol–water partition coefficient (Wildman–Crippen LogP) is 3.37. The Bertz CT molecular complexity index is 502. The van der Waals surface area contributed by atoms with Gasteiger partial charge in [-0.15, -0.1) is 12.4 Å². The van der Waals surface area contributed by atoms with Crippen LogP contribution in [0.25, 0.3) is 0 Å². The van der Waals surface area contributed by atoms with Gasteiger partial charge in [-0.05, 0) is 44.4 Å². The van der Waals surface area contributed by atoms with Crippen LogP contribution in [0.15, 0.2) is 24.3 Å². The maximum absolute atomic E-state index is 12.7. The molecule has 1 amide bonds. The van der Waals surface area contributed by atoms with Crippen LogP contribution < -0.4 is 10.5 Å². The van der Waals surface area contributed by atoms with E-state index in [9.17, 15) is 4.79 Å². The van der Waals surface area contributed by atoms with Crippen molar-refractivity contribution < 1.29 is 9.53 Å². The van der Waals surface area contributed by atoms with Gasteiger partial charge in [0.1, 0.15) is 5.75 Å². The molecule has 2 unspecified atom stereocenters. The number of nitrogens with two attached hydrogens (primary N) is 1. The molecule has 1 aromatic rings. The molecule has 0 saturated heterocycles. The number of nitrogens with zero attached hydrogens (tertiary/aromatic N) is 1. The van der Waals surface area contributed by atoms with Gasteiger partial charge in [0.25, 0.3) is 0 Å². The Labute approximate surface area is 145 Å². The van der Waals surface area contributed by atoms with Crippen LogP contribution in [0.3, 0.4) is 0 Å². The summed E-state index contributed by atoms with van der Waals surface area (Å²) in [5, 5.41) is 0. The molecule has 2 rings (SSSR count). The molecule has 0 aliphatic heterocycles. The third-order valence-electron chi connectivity index (χ3n) is 4.58. The van der Waals surface area contributed by atoms with Crippen molar-refractivity contribution in [1.82, 2.24) is 4.90 Å². The second-order valence-electron chi connectivity index (χ2n) is 6.58. The highest BCUT2D eigenvalue weighted by Gasteiger charge is 2.38. The molecule has 1 saturated carbocycles. The Balaban J connectivity index is 0.00000264. The zero-order valence-electron chi connectivity index (χ0n) is 14.4. The van der Waals surface area contributed by atoms with Crippen LogP contribution in [0, 0.1) is 5.92 Å². The summed E-state index contributed by atoms with van der Waals surface area (Å²) in [6, 6.07) is 7.92. The average molecular weight is 341 g/mol. The Morgan fingerprint density at radius 1 is 1.35 bits per heavy atom. The molecular weight excluding hydrogens is 312 g/mol. The third kappa shape index (κ3) is 5.11. The number of rotatable bonds is 5. The maximum atomic E-state index is 12.7. The predicted molar refractivity (Wildman–Crippen MR) is 95.9 cm³/mol. The molecule has 1 aromatic carbocycles. The van der Waals surface area contributed by atoms with Crippen molar-refractivity contribution in [2.75, 3.05) is 13.7 Å². The average Bonchev–Trinajstić information content (AvgIpc) is 2.48. The molecule has 0 bridgehead atoms. The molecule has 130 valence electrons. The summed E-state index contributed by atoms with van der Waals surface area (Å²) in [4.78, 5) is 14.5. The van der Waals surface area contributed by atoms with Crippen molar-refractivity contribution in [1.29, 1.82) is 0 Å². The summed E-state index contributed by atoms with van der Waals surface area (Å²) < 4.78 is 5.44. The summed E-state index contributed by atoms with van der Waals surface area (Å²) in [5.74, 6) is 0.967. The lowest BCUT2D eigenvalue weighted by Crippen LogP contribution is -2.53. The van der Waals surface area contributed by atoms with Gasteiger partial charge in [-0.25, -0.2) is 0 Å². The van der Waals surface area contributed by atoms with E-state index in [1.165, 1.54) is 0 Å². The fourth-order valence-corrected chi connectivity index (χ4v) is 3.24. The third-order valence-corrected chi connectivity index (χ3v) is 4.58. The number of carbonyl (C=O) groups excluding carboxylic acids is 1. The van der Waals surface area contributed by atoms with E-state index in [1.54, 1.807) is 4.90 Å². The van der Waals surface area contributed by atoms with Gasteiger partial charge in [0.2, 0.25) is 5.91 Å². The molecule has 1 fully saturated rings. The first-order valence-corrected chi connectivity index (χ1v) is 8.19. The molecule has 0 aromatic heterocycles. The molecule has 4 nitrogen and oxygen atoms in total. The van der Waals surface area contributed by atoms with Gasteiger partial charge in [0, 0.05) is 19.1 Å². The van der Waals surface area contributed by atoms with Gasteiger partial charge in [0.15, 0.2) is 0 Å². The minimum atomic E-state index is -0.373. The van der Waals surface area contributed by atoms with Gasteiger partial charge in [-0.1, -0.05) is 25.0 Å². The Morgan fingerprint density at radius 2 is 2.00 bits per heavy atom. The fraction of sp³-hybridized carbons (Fsp3) is 0.611. The number of halogens is 1. The second-order valence-corrected chi connectivity index (χ2v) is 6.58. The van der Waals surface area contributed by atoms with Crippen LogP contribution in [-0.4, -0.2) is 30.0 Å². The van der Waals surface area contributed by atoms with Crippen molar-refractivity contribution in [3.63, 3.8) is 0 Å². The number of carbonyl (C=O) groups is 1. The lowest BCUT2D eigenvalue weighted by molar-refractivity contribution is -0.138. The van der Waals surface area contributed by atoms with E-state index in [0.29, 0.717) is 13.2 Å². The quantitative estimate of drug-likeness (QED) is 0.894. The molecular formula is C18H29ClN2O2. The molecule has 1 aliphatic rings. The topological polar surface area (TPSA) is 55.6 Å². The number of hydrogen-bond acceptors (Lipinski definition) is 3. The highest BCUT2D eigenvalue weighted by atomic mass is 35.5. The van der Waals surface area contributed by atoms with Crippen molar-refractivity contribution in [2.24, 2.45) is 11.7 Å². The van der Waals surface area contributed by atoms with Gasteiger partial charge in [-0.3, -0.25) is 4.79 Å². The van der Waals surface area contributed by atoms with Crippen LogP contribution >= 0.6 is 12.4 Å². The fourth-order valence-electron chi connectivity index (χ4n) is 3.24. The number of hydrogen-bond donors (Lipinski definition) is 1. The molecule has 0 radical (unpaired) electrons. The van der Waals surface area contributed by atoms with Crippen LogP contribution in [0.2, 0.25) is 0 Å². The SMILES string of the molecule is CCOc1ccc(CN(C)C(=O)C2CCCCC2(C)N)cc1.Cl. The van der Waals surface area contributed by atoms with Crippen molar-refractivity contribution in [3.8, 4) is 5.75 Å². The minimum absolute atomic E-state index is 0. The molecule has 5 heteroatoms. The Hall–Kier alpha value is -1.26. The Kier molecular flexibility index (Phi) is 7.36. The van der Waals surface area contributed by atoms with Crippen LogP contribution in [0.4, 0.5) is 0 Å². The molecule has 23 heavy (non-hydrogen) atoms. The van der Waals surface area contributed by atoms with Gasteiger partial charge in [0.05, 0.1) is 12.5 Å². The van der Waals surface area contributed by atoms with E-state index in [1.807, 2.05) is 45.2 Å². The summed E-state index contributed by atoms with van der Waals surface area (Å²) in [5.41, 5.74) is 7.08. The van der Waals surface area contributed by atoms with Gasteiger partial charge < -0.3 is 15.4 Å². The summed E-state index contributed by atoms with van der Waals surface area (Å²) in [6.07, 6.45) is 4.05. The van der Waals surface area contributed by atoms with Crippen LogP contribution in [0.1, 0.15) is 45.1 Å². The minimum Gasteiger partial charge on any atom is -0.494 e. The van der Waals surface area contributed by atoms with Crippen molar-refractivity contribution in [2.45, 2.75) is 51.6 Å². The van der Waals surface area contributed by atoms with E-state index in [-0.39, 0.29) is 29.8 Å². The zero-order valence-corrected chi connectivity index (χ0v) is 15.2. The Morgan fingerprint density at radius 3 is 2.57 bits per heavy atom. The first kappa shape index (κ1) is 19.8. The smallest absolute Gasteiger partial charge is 0.227 e. The highest BCUT2D eigenvalue weighted by molar-refractivity contribution is 5.85. The van der Waals surface area contributed by atoms with Crippen LogP contribution in [0.5, 0.6) is 5.75 Å². The lowest BCUT2D eigenvalue weighted by Gasteiger charge is -2.39. The number of ether oxygens (including phenoxy) is 1. The highest BCUT2D eigenvalue weighted by Crippen LogP contribution is 2.33. The number of amides is 1. The lowest BCUT2D eigenvalue weighted by atomic mass is 9.74. The van der Waals surface area contributed by atoms with Crippen molar-refractivity contribution >= 4 is 18.3 Å². The monoisotopic (exact) mass is 340 g/mol. The largest absolute Gasteiger partial charge is 0.494 e. The molecule has 1 aliphatic carbocycles. The first-order chi connectivity index (χ1) is 10.4. The molecule has 0 heterocycles. The van der Waals surface area contributed by atoms with E-state index < -0.39 is 0 Å². The van der Waals surface area contributed by atoms with Crippen LogP contribution in [-0.2, 0) is 11.3 Å². The first-order valence-electron chi connectivity index (χ1n) is 8.19. The van der Waals surface area contributed by atoms with E-state index in [4.69, 9.17) is 10.5 Å². The van der Waals surface area contributed by atoms with Gasteiger partial charge >= 0.3 is 0 Å². The summed E-state index contributed by atoms with van der Waals surface area (Å²) >= 11 is 0. The number of benzene rings is 1. The van der Waals surface area contributed by atoms with E-state index in [2.05, 4.69) is 0 Å². The van der Waals surface area contributed by atoms with Gasteiger partial charge in [-0.2, -0.15) is 0 Å². The van der Waals surface area contributed by atoms with E-state index >= 15 is 0 Å². The molecule has 2 N–H and O–H groups in total. The van der Waals surface area contributed by atoms with E-state index in [0.717, 1.165) is 37.0 Å². The molecule has 0 spiro atoms. The summed E-state index contributed by atoms with van der Waals surface area (Å²) in [6.45, 7) is 5.25. The maximum Gasteiger partial charge on any atom is 0.227 e. The standard InChI is InChI=1S/C18H28N2O2.ClH/c1-4-22-15-10-8-14(9-11-15)13-20(3)17(21)16-7-5-6-12-18(16,2)19;/h8-11,16H,4-7,12-13,19H2,1-3H3;1H. The normalized spacial score (nSPS) is 23.7. The molecule has 2 atom stereocenters. The zero-order chi connectivity index (χ0) is 16.2. The second kappa shape index (κ2) is 8.55. The van der Waals surface area contributed by atoms with Crippen molar-refractivity contribution in [3.05, 3.63) is 29.8 Å².